The van der Waals surface area contributed by atoms with Gasteiger partial charge in [-0.3, -0.25) is 4.79 Å². The lowest BCUT2D eigenvalue weighted by Gasteiger charge is -2.24. The lowest BCUT2D eigenvalue weighted by atomic mass is 9.94. The summed E-state index contributed by atoms with van der Waals surface area (Å²) >= 11 is 0. The first kappa shape index (κ1) is 12.7. The van der Waals surface area contributed by atoms with E-state index in [4.69, 9.17) is 4.52 Å². The minimum Gasteiger partial charge on any atom is -0.361 e. The lowest BCUT2D eigenvalue weighted by Crippen LogP contribution is -2.41. The topological polar surface area (TPSA) is 58.4 Å². The molecule has 0 saturated carbocycles. The molecule has 5 heteroatoms. The first-order valence-corrected chi connectivity index (χ1v) is 7.08. The first-order chi connectivity index (χ1) is 9.15. The van der Waals surface area contributed by atoms with Gasteiger partial charge in [0.15, 0.2) is 0 Å². The highest BCUT2D eigenvalue weighted by Crippen LogP contribution is 2.25. The molecule has 0 bridgehead atoms. The van der Waals surface area contributed by atoms with Gasteiger partial charge in [0.25, 0.3) is 0 Å². The minimum atomic E-state index is 0.200. The number of carbonyl (C=O) groups excluding carboxylic acids is 1. The Morgan fingerprint density at radius 3 is 3.00 bits per heavy atom. The highest BCUT2D eigenvalue weighted by atomic mass is 16.5. The minimum absolute atomic E-state index is 0.200. The lowest BCUT2D eigenvalue weighted by molar-refractivity contribution is -0.129. The van der Waals surface area contributed by atoms with Gasteiger partial charge < -0.3 is 14.7 Å². The number of hydrogen-bond donors (Lipinski definition) is 1. The Hall–Kier alpha value is -1.36. The molecule has 1 N–H and O–H groups in total. The van der Waals surface area contributed by atoms with Crippen LogP contribution < -0.4 is 5.32 Å². The number of amides is 1. The van der Waals surface area contributed by atoms with Crippen LogP contribution in [-0.4, -0.2) is 41.6 Å². The van der Waals surface area contributed by atoms with Crippen molar-refractivity contribution in [2.24, 2.45) is 5.92 Å². The van der Waals surface area contributed by atoms with Crippen molar-refractivity contribution in [3.8, 4) is 0 Å². The highest BCUT2D eigenvalue weighted by molar-refractivity contribution is 5.79. The fourth-order valence-corrected chi connectivity index (χ4v) is 3.27. The highest BCUT2D eigenvalue weighted by Gasteiger charge is 2.36. The van der Waals surface area contributed by atoms with Crippen molar-refractivity contribution in [2.45, 2.75) is 39.2 Å². The second-order valence-electron chi connectivity index (χ2n) is 5.74. The van der Waals surface area contributed by atoms with Crippen LogP contribution in [0.2, 0.25) is 0 Å². The third-order valence-corrected chi connectivity index (χ3v) is 4.46. The van der Waals surface area contributed by atoms with Crippen LogP contribution in [-0.2, 0) is 11.2 Å². The zero-order chi connectivity index (χ0) is 13.4. The molecule has 1 aromatic rings. The summed E-state index contributed by atoms with van der Waals surface area (Å²) in [5.74, 6) is 1.61. The Kier molecular flexibility index (Phi) is 3.31. The van der Waals surface area contributed by atoms with Crippen LogP contribution in [0.4, 0.5) is 0 Å². The second-order valence-corrected chi connectivity index (χ2v) is 5.74. The van der Waals surface area contributed by atoms with E-state index < -0.39 is 0 Å². The molecule has 3 heterocycles. The summed E-state index contributed by atoms with van der Waals surface area (Å²) in [4.78, 5) is 14.4. The summed E-state index contributed by atoms with van der Waals surface area (Å²) in [6.45, 7) is 6.61. The average Bonchev–Trinajstić information content (AvgIpc) is 2.97. The van der Waals surface area contributed by atoms with Gasteiger partial charge >= 0.3 is 0 Å². The van der Waals surface area contributed by atoms with Gasteiger partial charge in [-0.05, 0) is 39.2 Å². The third kappa shape index (κ3) is 2.39. The molecule has 2 atom stereocenters. The van der Waals surface area contributed by atoms with Gasteiger partial charge in [-0.1, -0.05) is 5.16 Å². The molecule has 2 saturated heterocycles. The maximum absolute atomic E-state index is 12.4. The van der Waals surface area contributed by atoms with E-state index in [1.165, 1.54) is 12.8 Å². The monoisotopic (exact) mass is 263 g/mol. The molecule has 3 rings (SSSR count). The van der Waals surface area contributed by atoms with Crippen molar-refractivity contribution in [3.63, 3.8) is 0 Å². The fraction of sp³-hybridized carbons (Fsp3) is 0.714. The quantitative estimate of drug-likeness (QED) is 0.866. The Labute approximate surface area is 113 Å². The molecule has 0 aliphatic carbocycles. The van der Waals surface area contributed by atoms with E-state index >= 15 is 0 Å². The number of hydrogen-bond acceptors (Lipinski definition) is 4. The van der Waals surface area contributed by atoms with Crippen molar-refractivity contribution in [3.05, 3.63) is 17.0 Å². The summed E-state index contributed by atoms with van der Waals surface area (Å²) in [6.07, 6.45) is 2.89. The Bertz CT molecular complexity index is 450. The van der Waals surface area contributed by atoms with Gasteiger partial charge in [-0.25, -0.2) is 0 Å². The molecule has 0 spiro atoms. The zero-order valence-corrected chi connectivity index (χ0v) is 11.6. The predicted octanol–water partition coefficient (Wildman–Crippen LogP) is 1.04. The van der Waals surface area contributed by atoms with Gasteiger partial charge in [0.05, 0.1) is 12.1 Å². The van der Waals surface area contributed by atoms with E-state index in [1.54, 1.807) is 0 Å². The van der Waals surface area contributed by atoms with E-state index in [1.807, 2.05) is 18.7 Å². The van der Waals surface area contributed by atoms with Crippen LogP contribution in [0, 0.1) is 19.8 Å². The summed E-state index contributed by atoms with van der Waals surface area (Å²) in [5.41, 5.74) is 1.79. The van der Waals surface area contributed by atoms with E-state index in [9.17, 15) is 4.79 Å². The van der Waals surface area contributed by atoms with Crippen LogP contribution >= 0.6 is 0 Å². The Balaban J connectivity index is 1.65. The number of likely N-dealkylation sites (tertiary alicyclic amines) is 1. The van der Waals surface area contributed by atoms with E-state index in [2.05, 4.69) is 10.5 Å². The van der Waals surface area contributed by atoms with Crippen molar-refractivity contribution < 1.29 is 9.32 Å². The first-order valence-electron chi connectivity index (χ1n) is 7.08. The molecule has 5 nitrogen and oxygen atoms in total. The molecule has 1 aromatic heterocycles. The summed E-state index contributed by atoms with van der Waals surface area (Å²) < 4.78 is 5.12. The molecular weight excluding hydrogens is 242 g/mol. The molecule has 0 aromatic carbocycles. The van der Waals surface area contributed by atoms with Gasteiger partial charge in [0.1, 0.15) is 5.76 Å². The molecule has 2 aliphatic heterocycles. The number of rotatable bonds is 2. The van der Waals surface area contributed by atoms with Crippen molar-refractivity contribution in [1.82, 2.24) is 15.4 Å². The summed E-state index contributed by atoms with van der Waals surface area (Å²) in [6, 6.07) is 0.502. The number of nitrogens with one attached hydrogen (secondary N) is 1. The van der Waals surface area contributed by atoms with Crippen LogP contribution in [0.25, 0.3) is 0 Å². The largest absolute Gasteiger partial charge is 0.361 e. The Morgan fingerprint density at radius 1 is 1.47 bits per heavy atom. The van der Waals surface area contributed by atoms with Crippen molar-refractivity contribution >= 4 is 5.91 Å². The van der Waals surface area contributed by atoms with E-state index in [0.29, 0.717) is 18.4 Å². The van der Waals surface area contributed by atoms with Crippen molar-refractivity contribution in [2.75, 3.05) is 19.6 Å². The maximum atomic E-state index is 12.4. The molecule has 0 radical (unpaired) electrons. The molecule has 104 valence electrons. The molecule has 0 unspecified atom stereocenters. The standard InChI is InChI=1S/C14H21N3O2/c1-9-12(10(2)19-16-9)6-14(18)17-7-11-4-3-5-15-13(11)8-17/h11,13,15H,3-8H2,1-2H3/t11-,13+/m0/s1. The summed E-state index contributed by atoms with van der Waals surface area (Å²) in [5, 5.41) is 7.43. The number of carbonyl (C=O) groups is 1. The van der Waals surface area contributed by atoms with Gasteiger partial charge in [-0.2, -0.15) is 0 Å². The molecule has 1 amide bonds. The van der Waals surface area contributed by atoms with Gasteiger partial charge in [0.2, 0.25) is 5.91 Å². The zero-order valence-electron chi connectivity index (χ0n) is 11.6. The SMILES string of the molecule is Cc1noc(C)c1CC(=O)N1C[C@@H]2CCCN[C@@H]2C1. The fourth-order valence-electron chi connectivity index (χ4n) is 3.27. The van der Waals surface area contributed by atoms with Crippen LogP contribution in [0.15, 0.2) is 4.52 Å². The number of aryl methyl sites for hydroxylation is 2. The van der Waals surface area contributed by atoms with Crippen LogP contribution in [0.5, 0.6) is 0 Å². The average molecular weight is 263 g/mol. The normalized spacial score (nSPS) is 26.5. The molecular formula is C14H21N3O2. The van der Waals surface area contributed by atoms with Crippen LogP contribution in [0.3, 0.4) is 0 Å². The van der Waals surface area contributed by atoms with E-state index in [-0.39, 0.29) is 5.91 Å². The van der Waals surface area contributed by atoms with Gasteiger partial charge in [0, 0.05) is 24.7 Å². The number of piperidine rings is 1. The molecule has 19 heavy (non-hydrogen) atoms. The Morgan fingerprint density at radius 2 is 2.32 bits per heavy atom. The van der Waals surface area contributed by atoms with Gasteiger partial charge in [-0.15, -0.1) is 0 Å². The number of nitrogens with zero attached hydrogens (tertiary/aromatic N) is 2. The maximum Gasteiger partial charge on any atom is 0.227 e. The third-order valence-electron chi connectivity index (χ3n) is 4.46. The van der Waals surface area contributed by atoms with Crippen molar-refractivity contribution in [1.29, 1.82) is 0 Å². The smallest absolute Gasteiger partial charge is 0.227 e. The summed E-state index contributed by atoms with van der Waals surface area (Å²) in [7, 11) is 0. The molecule has 2 fully saturated rings. The molecule has 2 aliphatic rings. The number of fused-ring (bicyclic) bond motifs is 1. The second kappa shape index (κ2) is 4.96. The number of aromatic nitrogens is 1. The van der Waals surface area contributed by atoms with E-state index in [0.717, 1.165) is 36.7 Å². The van der Waals surface area contributed by atoms with Crippen LogP contribution in [0.1, 0.15) is 29.9 Å². The predicted molar refractivity (Wildman–Crippen MR) is 70.8 cm³/mol.